The number of rotatable bonds is 17. The van der Waals surface area contributed by atoms with Gasteiger partial charge >= 0.3 is 6.09 Å². The summed E-state index contributed by atoms with van der Waals surface area (Å²) in [6, 6.07) is 25.8. The third-order valence-electron chi connectivity index (χ3n) is 8.58. The lowest BCUT2D eigenvalue weighted by atomic mass is 10.2. The van der Waals surface area contributed by atoms with Crippen molar-refractivity contribution in [2.45, 2.75) is 12.8 Å². The summed E-state index contributed by atoms with van der Waals surface area (Å²) in [5, 5.41) is 44.7. The molecule has 0 aliphatic rings. The van der Waals surface area contributed by atoms with Crippen molar-refractivity contribution in [1.82, 2.24) is 40.6 Å². The molecule has 17 nitrogen and oxygen atoms in total. The van der Waals surface area contributed by atoms with Crippen LogP contribution in [0, 0.1) is 0 Å². The molecule has 0 fully saturated rings. The number of nitrogens with one attached hydrogen (secondary N) is 3. The number of aromatic amines is 2. The highest BCUT2D eigenvalue weighted by Crippen LogP contribution is 2.18. The van der Waals surface area contributed by atoms with Crippen LogP contribution in [0.4, 0.5) is 16.2 Å². The van der Waals surface area contributed by atoms with Crippen molar-refractivity contribution < 1.29 is 34.4 Å². The number of hydrogen-bond acceptors (Lipinski definition) is 12. The number of anilines is 2. The first-order chi connectivity index (χ1) is 29.3. The summed E-state index contributed by atoms with van der Waals surface area (Å²) in [4.78, 5) is 50.2. The van der Waals surface area contributed by atoms with E-state index in [0.29, 0.717) is 42.2 Å². The maximum absolute atomic E-state index is 12.9. The van der Waals surface area contributed by atoms with Crippen LogP contribution in [0.1, 0.15) is 24.2 Å². The van der Waals surface area contributed by atoms with Crippen LogP contribution in [-0.4, -0.2) is 135 Å². The molecule has 0 unspecified atom stereocenters. The fourth-order valence-electron chi connectivity index (χ4n) is 5.52. The van der Waals surface area contributed by atoms with Gasteiger partial charge in [0.25, 0.3) is 11.8 Å². The van der Waals surface area contributed by atoms with Gasteiger partial charge in [0.1, 0.15) is 6.61 Å². The van der Waals surface area contributed by atoms with Crippen molar-refractivity contribution in [2.24, 2.45) is 0 Å². The molecule has 0 aliphatic heterocycles. The van der Waals surface area contributed by atoms with Crippen molar-refractivity contribution >= 4 is 63.5 Å². The Kier molecular flexibility index (Phi) is 19.5. The number of aliphatic hydroxyl groups is 3. The van der Waals surface area contributed by atoms with Crippen LogP contribution >= 0.6 is 0 Å². The molecular formula is C43H52N10O7. The first-order valence-electron chi connectivity index (χ1n) is 19.3. The van der Waals surface area contributed by atoms with Crippen LogP contribution in [0.25, 0.3) is 34.2 Å². The molecule has 0 spiro atoms. The molecule has 0 saturated carbocycles. The summed E-state index contributed by atoms with van der Waals surface area (Å²) in [6.45, 7) is 1.96. The van der Waals surface area contributed by atoms with Crippen LogP contribution in [-0.2, 0) is 14.3 Å². The molecule has 6 rings (SSSR count). The monoisotopic (exact) mass is 820 g/mol. The number of aliphatic hydroxyl groups excluding tert-OH is 3. The third kappa shape index (κ3) is 14.2. The van der Waals surface area contributed by atoms with Crippen LogP contribution in [0.5, 0.6) is 0 Å². The van der Waals surface area contributed by atoms with E-state index in [4.69, 9.17) is 14.9 Å². The summed E-state index contributed by atoms with van der Waals surface area (Å²) >= 11 is 0. The quantitative estimate of drug-likeness (QED) is 0.0567. The van der Waals surface area contributed by atoms with Gasteiger partial charge in [-0.25, -0.2) is 14.8 Å². The second-order valence-electron chi connectivity index (χ2n) is 12.9. The van der Waals surface area contributed by atoms with Gasteiger partial charge in [0.05, 0.1) is 24.5 Å². The number of fused-ring (bicyclic) bond motifs is 2. The van der Waals surface area contributed by atoms with Crippen LogP contribution < -0.4 is 15.1 Å². The molecule has 0 atom stereocenters. The molecule has 17 heteroatoms. The average Bonchev–Trinajstić information content (AvgIpc) is 3.91. The van der Waals surface area contributed by atoms with Gasteiger partial charge in [-0.1, -0.05) is 36.4 Å². The minimum atomic E-state index is -0.499. The molecule has 2 aromatic carbocycles. The Labute approximate surface area is 348 Å². The van der Waals surface area contributed by atoms with E-state index in [1.54, 1.807) is 37.7 Å². The summed E-state index contributed by atoms with van der Waals surface area (Å²) in [5.74, 6) is -0.473. The molecule has 316 valence electrons. The zero-order chi connectivity index (χ0) is 43.0. The van der Waals surface area contributed by atoms with E-state index >= 15 is 0 Å². The van der Waals surface area contributed by atoms with Crippen LogP contribution in [0.2, 0.25) is 0 Å². The highest BCUT2D eigenvalue weighted by molar-refractivity contribution is 6.05. The number of amides is 3. The van der Waals surface area contributed by atoms with E-state index in [2.05, 4.69) is 35.7 Å². The number of H-pyrrole nitrogens is 2. The molecule has 6 N–H and O–H groups in total. The molecule has 0 saturated heterocycles. The topological polar surface area (TPSA) is 226 Å². The Hall–Kier alpha value is -6.79. The Morgan fingerprint density at radius 1 is 0.667 bits per heavy atom. The first kappa shape index (κ1) is 45.9. The number of benzene rings is 2. The van der Waals surface area contributed by atoms with E-state index in [-0.39, 0.29) is 44.7 Å². The summed E-state index contributed by atoms with van der Waals surface area (Å²) < 4.78 is 5.27. The number of para-hydroxylation sites is 2. The van der Waals surface area contributed by atoms with E-state index in [1.807, 2.05) is 85.9 Å². The maximum atomic E-state index is 12.9. The molecule has 60 heavy (non-hydrogen) atoms. The minimum absolute atomic E-state index is 0.00191. The number of carbonyl (C=O) groups is 3. The lowest BCUT2D eigenvalue weighted by Crippen LogP contribution is -2.35. The largest absolute Gasteiger partial charge is 0.448 e. The van der Waals surface area contributed by atoms with Gasteiger partial charge < -0.3 is 40.1 Å². The van der Waals surface area contributed by atoms with Crippen molar-refractivity contribution in [3.8, 4) is 0 Å². The number of pyridine rings is 2. The maximum Gasteiger partial charge on any atom is 0.409 e. The van der Waals surface area contributed by atoms with Gasteiger partial charge in [-0.15, -0.1) is 0 Å². The predicted octanol–water partition coefficient (Wildman–Crippen LogP) is 4.04. The smallest absolute Gasteiger partial charge is 0.409 e. The molecule has 4 aromatic heterocycles. The number of hydrogen-bond donors (Lipinski definition) is 6. The Bertz CT molecular complexity index is 2240. The van der Waals surface area contributed by atoms with E-state index in [1.165, 1.54) is 26.9 Å². The zero-order valence-corrected chi connectivity index (χ0v) is 33.7. The Balaban J connectivity index is 0.000000240. The van der Waals surface area contributed by atoms with Crippen molar-refractivity contribution in [3.05, 3.63) is 121 Å². The molecule has 4 heterocycles. The van der Waals surface area contributed by atoms with Gasteiger partial charge in [0.15, 0.2) is 11.3 Å². The summed E-state index contributed by atoms with van der Waals surface area (Å²) in [6.07, 6.45) is 10.4. The number of aromatic nitrogens is 6. The van der Waals surface area contributed by atoms with Gasteiger partial charge in [-0.05, 0) is 87.1 Å². The van der Waals surface area contributed by atoms with E-state index in [9.17, 15) is 19.5 Å². The fraction of sp³-hybridized carbons (Fsp3) is 0.279. The molecule has 0 bridgehead atoms. The fourth-order valence-corrected chi connectivity index (χ4v) is 5.52. The molecule has 6 aromatic rings. The molecule has 0 radical (unpaired) electrons. The molecular weight excluding hydrogens is 769 g/mol. The van der Waals surface area contributed by atoms with Gasteiger partial charge in [0, 0.05) is 80.0 Å². The second kappa shape index (κ2) is 25.5. The highest BCUT2D eigenvalue weighted by Gasteiger charge is 2.16. The van der Waals surface area contributed by atoms with Crippen LogP contribution in [0.15, 0.2) is 109 Å². The molecule has 3 amide bonds. The highest BCUT2D eigenvalue weighted by atomic mass is 16.6. The third-order valence-corrected chi connectivity index (χ3v) is 8.58. The Morgan fingerprint density at radius 3 is 1.62 bits per heavy atom. The second-order valence-corrected chi connectivity index (χ2v) is 12.9. The van der Waals surface area contributed by atoms with Crippen molar-refractivity contribution in [3.63, 3.8) is 0 Å². The lowest BCUT2D eigenvalue weighted by molar-refractivity contribution is -0.115. The summed E-state index contributed by atoms with van der Waals surface area (Å²) in [5.41, 5.74) is 4.02. The number of carbonyl (C=O) groups excluding carboxylic acids is 3. The van der Waals surface area contributed by atoms with E-state index in [0.717, 1.165) is 35.1 Å². The van der Waals surface area contributed by atoms with Gasteiger partial charge in [0.2, 0.25) is 0 Å². The SMILES string of the molecule is CN(CCCO)C(=O)OCCN(C(=O)/C=C/c1[nH]nc2ncccc12)c1ccccc1.CNCCCO.O=C(/C=C/c1[nH]nc2ncccc12)N(CCO)c1ccccc1. The van der Waals surface area contributed by atoms with Crippen molar-refractivity contribution in [2.75, 3.05) is 76.5 Å². The first-order valence-corrected chi connectivity index (χ1v) is 19.3. The lowest BCUT2D eigenvalue weighted by Gasteiger charge is -2.22. The van der Waals surface area contributed by atoms with Gasteiger partial charge in [-0.2, -0.15) is 10.2 Å². The molecule has 0 aliphatic carbocycles. The normalized spacial score (nSPS) is 10.9. The van der Waals surface area contributed by atoms with Gasteiger partial charge in [-0.3, -0.25) is 19.8 Å². The summed E-state index contributed by atoms with van der Waals surface area (Å²) in [7, 11) is 3.47. The minimum Gasteiger partial charge on any atom is -0.448 e. The number of ether oxygens (including phenoxy) is 1. The van der Waals surface area contributed by atoms with Crippen molar-refractivity contribution in [1.29, 1.82) is 0 Å². The average molecular weight is 821 g/mol. The van der Waals surface area contributed by atoms with Crippen LogP contribution in [0.3, 0.4) is 0 Å². The standard InChI is InChI=1S/C22H25N5O4.C17H16N4O2.C4H11NO/c1-26(13-6-15-28)22(30)31-16-14-27(17-7-3-2-4-8-17)20(29)11-10-19-18-9-5-12-23-21(18)25-24-19;22-12-11-21(13-5-2-1-3-6-13)16(23)9-8-15-14-7-4-10-18-17(14)20-19-15;1-5-3-2-4-6/h2-5,7-12,28H,6,13-16H2,1H3,(H,23,24,25);1-10,22H,11-12H2,(H,18,19,20);5-6H,2-4H2,1H3/b11-10+;9-8+;. The predicted molar refractivity (Wildman–Crippen MR) is 232 cm³/mol. The van der Waals surface area contributed by atoms with E-state index < -0.39 is 6.09 Å². The number of nitrogens with zero attached hydrogens (tertiary/aromatic N) is 7. The zero-order valence-electron chi connectivity index (χ0n) is 33.7. The Morgan fingerprint density at radius 2 is 1.17 bits per heavy atom.